The first-order valence-electron chi connectivity index (χ1n) is 9.01. The molecule has 1 saturated carbocycles. The Morgan fingerprint density at radius 1 is 1.18 bits per heavy atom. The van der Waals surface area contributed by atoms with Crippen LogP contribution in [0.4, 0.5) is 0 Å². The molecule has 1 aliphatic carbocycles. The van der Waals surface area contributed by atoms with Crippen molar-refractivity contribution in [2.45, 2.75) is 43.4 Å². The summed E-state index contributed by atoms with van der Waals surface area (Å²) in [6, 6.07) is 4.95. The second-order valence-corrected chi connectivity index (χ2v) is 8.47. The van der Waals surface area contributed by atoms with Crippen molar-refractivity contribution >= 4 is 15.7 Å². The number of benzene rings is 1. The van der Waals surface area contributed by atoms with E-state index in [1.54, 1.807) is 18.2 Å². The first-order chi connectivity index (χ1) is 13.4. The Kier molecular flexibility index (Phi) is 6.18. The van der Waals surface area contributed by atoms with Gasteiger partial charge in [-0.25, -0.2) is 8.42 Å². The number of nitrogens with zero attached hydrogens (tertiary/aromatic N) is 2. The molecule has 152 valence electrons. The largest absolute Gasteiger partial charge is 0.497 e. The summed E-state index contributed by atoms with van der Waals surface area (Å²) < 4.78 is 40.7. The second kappa shape index (κ2) is 8.59. The second-order valence-electron chi connectivity index (χ2n) is 6.60. The topological polar surface area (TPSA) is 121 Å². The maximum Gasteiger partial charge on any atom is 0.336 e. The SMILES string of the molecule is COc1ccc(OC)c(-c2nnc(S(=O)(=O)CC(=O)NC3CCCCC3)o2)c1. The summed E-state index contributed by atoms with van der Waals surface area (Å²) >= 11 is 0. The summed E-state index contributed by atoms with van der Waals surface area (Å²) in [7, 11) is -1.09. The monoisotopic (exact) mass is 409 g/mol. The quantitative estimate of drug-likeness (QED) is 0.737. The van der Waals surface area contributed by atoms with E-state index in [-0.39, 0.29) is 11.9 Å². The van der Waals surface area contributed by atoms with Crippen molar-refractivity contribution in [1.82, 2.24) is 15.5 Å². The van der Waals surface area contributed by atoms with Crippen LogP contribution in [0.15, 0.2) is 27.8 Å². The number of aromatic nitrogens is 2. The molecule has 0 aliphatic heterocycles. The van der Waals surface area contributed by atoms with E-state index in [4.69, 9.17) is 13.9 Å². The molecule has 28 heavy (non-hydrogen) atoms. The lowest BCUT2D eigenvalue weighted by atomic mass is 9.95. The number of carbonyl (C=O) groups is 1. The highest BCUT2D eigenvalue weighted by molar-refractivity contribution is 7.91. The number of hydrogen-bond donors (Lipinski definition) is 1. The number of rotatable bonds is 7. The standard InChI is InChI=1S/C18H23N3O6S/c1-25-13-8-9-15(26-2)14(10-13)17-20-21-18(27-17)28(23,24)11-16(22)19-12-6-4-3-5-7-12/h8-10,12H,3-7,11H2,1-2H3,(H,19,22). The van der Waals surface area contributed by atoms with Crippen LogP contribution in [0, 0.1) is 0 Å². The van der Waals surface area contributed by atoms with Gasteiger partial charge in [0, 0.05) is 6.04 Å². The third-order valence-corrected chi connectivity index (χ3v) is 5.94. The number of amides is 1. The predicted molar refractivity (Wildman–Crippen MR) is 99.9 cm³/mol. The molecule has 0 atom stereocenters. The smallest absolute Gasteiger partial charge is 0.336 e. The summed E-state index contributed by atoms with van der Waals surface area (Å²) in [5.74, 6) is -0.401. The first kappa shape index (κ1) is 20.1. The predicted octanol–water partition coefficient (Wildman–Crippen LogP) is 1.98. The van der Waals surface area contributed by atoms with Gasteiger partial charge in [-0.1, -0.05) is 24.4 Å². The van der Waals surface area contributed by atoms with E-state index in [2.05, 4.69) is 15.5 Å². The molecule has 1 aliphatic rings. The van der Waals surface area contributed by atoms with Crippen LogP contribution < -0.4 is 14.8 Å². The van der Waals surface area contributed by atoms with E-state index in [1.807, 2.05) is 0 Å². The molecule has 1 aromatic carbocycles. The molecule has 0 bridgehead atoms. The minimum Gasteiger partial charge on any atom is -0.497 e. The van der Waals surface area contributed by atoms with Crippen LogP contribution >= 0.6 is 0 Å². The Labute approximate surface area is 163 Å². The lowest BCUT2D eigenvalue weighted by molar-refractivity contribution is -0.119. The molecule has 1 amide bonds. The molecule has 0 spiro atoms. The number of methoxy groups -OCH3 is 2. The molecule has 1 fully saturated rings. The maximum atomic E-state index is 12.5. The zero-order valence-corrected chi connectivity index (χ0v) is 16.6. The van der Waals surface area contributed by atoms with Gasteiger partial charge in [0.1, 0.15) is 17.3 Å². The van der Waals surface area contributed by atoms with Gasteiger partial charge in [0.2, 0.25) is 15.7 Å². The van der Waals surface area contributed by atoms with Crippen molar-refractivity contribution in [3.63, 3.8) is 0 Å². The van der Waals surface area contributed by atoms with Crippen LogP contribution in [0.1, 0.15) is 32.1 Å². The van der Waals surface area contributed by atoms with Crippen LogP contribution in [0.2, 0.25) is 0 Å². The fraction of sp³-hybridized carbons (Fsp3) is 0.500. The third-order valence-electron chi connectivity index (χ3n) is 4.60. The molecule has 1 heterocycles. The molecule has 3 rings (SSSR count). The Hall–Kier alpha value is -2.62. The van der Waals surface area contributed by atoms with Crippen molar-refractivity contribution in [3.05, 3.63) is 18.2 Å². The van der Waals surface area contributed by atoms with Gasteiger partial charge >= 0.3 is 5.22 Å². The van der Waals surface area contributed by atoms with Crippen molar-refractivity contribution in [1.29, 1.82) is 0 Å². The van der Waals surface area contributed by atoms with E-state index in [1.165, 1.54) is 14.2 Å². The Bertz CT molecular complexity index is 935. The van der Waals surface area contributed by atoms with Crippen LogP contribution in [-0.4, -0.2) is 50.5 Å². The fourth-order valence-electron chi connectivity index (χ4n) is 3.18. The van der Waals surface area contributed by atoms with E-state index in [0.717, 1.165) is 32.1 Å². The van der Waals surface area contributed by atoms with Crippen molar-refractivity contribution in [2.24, 2.45) is 0 Å². The van der Waals surface area contributed by atoms with E-state index >= 15 is 0 Å². The van der Waals surface area contributed by atoms with E-state index in [9.17, 15) is 13.2 Å². The highest BCUT2D eigenvalue weighted by Crippen LogP contribution is 2.33. The molecule has 1 N–H and O–H groups in total. The summed E-state index contributed by atoms with van der Waals surface area (Å²) in [6.07, 6.45) is 4.95. The Morgan fingerprint density at radius 3 is 2.61 bits per heavy atom. The van der Waals surface area contributed by atoms with Gasteiger partial charge in [-0.15, -0.1) is 5.10 Å². The van der Waals surface area contributed by atoms with Gasteiger partial charge in [0.25, 0.3) is 5.89 Å². The van der Waals surface area contributed by atoms with Crippen molar-refractivity contribution in [3.8, 4) is 23.0 Å². The minimum absolute atomic E-state index is 0.0238. The van der Waals surface area contributed by atoms with Gasteiger partial charge < -0.3 is 19.2 Å². The van der Waals surface area contributed by atoms with Gasteiger partial charge in [-0.3, -0.25) is 4.79 Å². The minimum atomic E-state index is -4.06. The van der Waals surface area contributed by atoms with Crippen LogP contribution in [0.5, 0.6) is 11.5 Å². The van der Waals surface area contributed by atoms with Crippen LogP contribution in [-0.2, 0) is 14.6 Å². The highest BCUT2D eigenvalue weighted by Gasteiger charge is 2.28. The zero-order valence-electron chi connectivity index (χ0n) is 15.8. The van der Waals surface area contributed by atoms with Gasteiger partial charge in [-0.2, -0.15) is 0 Å². The highest BCUT2D eigenvalue weighted by atomic mass is 32.2. The van der Waals surface area contributed by atoms with Crippen LogP contribution in [0.3, 0.4) is 0 Å². The van der Waals surface area contributed by atoms with Gasteiger partial charge in [0.05, 0.1) is 19.8 Å². The molecule has 0 unspecified atom stereocenters. The molecular formula is C18H23N3O6S. The van der Waals surface area contributed by atoms with Crippen molar-refractivity contribution < 1.29 is 27.1 Å². The third kappa shape index (κ3) is 4.61. The molecule has 10 heteroatoms. The fourth-order valence-corrected chi connectivity index (χ4v) is 4.10. The summed E-state index contributed by atoms with van der Waals surface area (Å²) in [5, 5.41) is 9.58. The molecule has 0 saturated heterocycles. The molecule has 2 aromatic rings. The number of hydrogen-bond acceptors (Lipinski definition) is 8. The molecular weight excluding hydrogens is 386 g/mol. The van der Waals surface area contributed by atoms with Crippen LogP contribution in [0.25, 0.3) is 11.5 Å². The average molecular weight is 409 g/mol. The Balaban J connectivity index is 1.76. The van der Waals surface area contributed by atoms with Gasteiger partial charge in [0.15, 0.2) is 0 Å². The normalized spacial score (nSPS) is 15.2. The molecule has 1 aromatic heterocycles. The lowest BCUT2D eigenvalue weighted by Gasteiger charge is -2.22. The van der Waals surface area contributed by atoms with E-state index < -0.39 is 26.7 Å². The molecule has 0 radical (unpaired) electrons. The van der Waals surface area contributed by atoms with Gasteiger partial charge in [-0.05, 0) is 31.0 Å². The summed E-state index contributed by atoms with van der Waals surface area (Å²) in [6.45, 7) is 0. The Morgan fingerprint density at radius 2 is 1.93 bits per heavy atom. The average Bonchev–Trinajstić information content (AvgIpc) is 3.19. The number of sulfone groups is 1. The van der Waals surface area contributed by atoms with E-state index in [0.29, 0.717) is 17.1 Å². The summed E-state index contributed by atoms with van der Waals surface area (Å²) in [5.41, 5.74) is 0.391. The zero-order chi connectivity index (χ0) is 20.1. The summed E-state index contributed by atoms with van der Waals surface area (Å²) in [4.78, 5) is 12.1. The van der Waals surface area contributed by atoms with Crippen molar-refractivity contribution in [2.75, 3.05) is 20.0 Å². The lowest BCUT2D eigenvalue weighted by Crippen LogP contribution is -2.39. The number of carbonyl (C=O) groups excluding carboxylic acids is 1. The first-order valence-corrected chi connectivity index (χ1v) is 10.7. The molecule has 9 nitrogen and oxygen atoms in total. The number of nitrogens with one attached hydrogen (secondary N) is 1. The maximum absolute atomic E-state index is 12.5. The number of ether oxygens (including phenoxy) is 2.